The van der Waals surface area contributed by atoms with Gasteiger partial charge in [0.25, 0.3) is 0 Å². The highest BCUT2D eigenvalue weighted by atomic mass is 31.2. The second-order valence-electron chi connectivity index (χ2n) is 26.6. The van der Waals surface area contributed by atoms with Gasteiger partial charge in [-0.25, -0.2) is 9.13 Å². The second-order valence-corrected chi connectivity index (χ2v) is 29.5. The van der Waals surface area contributed by atoms with Crippen molar-refractivity contribution in [3.05, 3.63) is 182 Å². The number of allylic oxidation sites excluding steroid dienone is 30. The standard InChI is InChI=1S/C89H144O17P2/c1-5-9-13-17-21-25-29-33-37-40-41-44-47-50-54-58-62-66-70-74-87(92)100-79-84(105-88(93)75-71-67-63-59-55-51-45-36-32-28-24-20-16-12-8-4)81-103-107(95,96)101-77-83(90)78-102-108(97,98)104-82-85(106-89(94)76-72-68-64-60-56-52-48-43-39-35-31-27-23-19-15-11-7-3)80-99-86(91)73-69-65-61-57-53-49-46-42-38-34-30-26-22-18-14-10-6-2/h9-11,13-15,21-23,25-27,33-35,37-39,41,44,46,48-50,52,54,57,60-61,64,83-85,90H,5-8,12,16-20,24,28-32,36,40,42-43,45,47,51,53,55-56,58-59,62-63,65-82H2,1-4H3,(H,95,96)(H,97,98)/b13-9-,14-10-,15-11-,25-21-,26-22-,27-23-,37-33-,38-34-,39-35-,44-41-,49-46-,52-48-,54-50-,61-57-,64-60-. The number of phosphoric ester groups is 2. The molecule has 5 atom stereocenters. The van der Waals surface area contributed by atoms with Gasteiger partial charge < -0.3 is 33.8 Å². The Balaban J connectivity index is 5.51. The monoisotopic (exact) mass is 1550 g/mol. The molecule has 0 saturated heterocycles. The van der Waals surface area contributed by atoms with Gasteiger partial charge in [-0.1, -0.05) is 306 Å². The molecule has 0 fully saturated rings. The lowest BCUT2D eigenvalue weighted by Gasteiger charge is -2.21. The van der Waals surface area contributed by atoms with Gasteiger partial charge in [0.1, 0.15) is 19.3 Å². The summed E-state index contributed by atoms with van der Waals surface area (Å²) in [5.41, 5.74) is 0. The summed E-state index contributed by atoms with van der Waals surface area (Å²) < 4.78 is 68.6. The largest absolute Gasteiger partial charge is 0.472 e. The quantitative estimate of drug-likeness (QED) is 0.0169. The molecule has 0 rings (SSSR count). The minimum Gasteiger partial charge on any atom is -0.462 e. The molecular weight excluding hydrogens is 1400 g/mol. The number of carbonyl (C=O) groups is 4. The molecule has 3 N–H and O–H groups in total. The zero-order valence-electron chi connectivity index (χ0n) is 66.9. The van der Waals surface area contributed by atoms with Gasteiger partial charge in [0.15, 0.2) is 12.2 Å². The zero-order valence-corrected chi connectivity index (χ0v) is 68.7. The predicted octanol–water partition coefficient (Wildman–Crippen LogP) is 24.3. The van der Waals surface area contributed by atoms with Gasteiger partial charge in [0.2, 0.25) is 0 Å². The molecule has 0 radical (unpaired) electrons. The van der Waals surface area contributed by atoms with Crippen LogP contribution in [0.1, 0.15) is 297 Å². The first kappa shape index (κ1) is 102. The topological polar surface area (TPSA) is 237 Å². The highest BCUT2D eigenvalue weighted by Crippen LogP contribution is 2.45. The predicted molar refractivity (Wildman–Crippen MR) is 445 cm³/mol. The molecule has 0 spiro atoms. The number of aliphatic hydroxyl groups excluding tert-OH is 1. The van der Waals surface area contributed by atoms with E-state index in [1.54, 1.807) is 0 Å². The van der Waals surface area contributed by atoms with E-state index in [0.29, 0.717) is 38.5 Å². The average molecular weight is 1550 g/mol. The maximum Gasteiger partial charge on any atom is 0.472 e. The van der Waals surface area contributed by atoms with Gasteiger partial charge in [-0.2, -0.15) is 0 Å². The van der Waals surface area contributed by atoms with Crippen LogP contribution >= 0.6 is 15.6 Å². The van der Waals surface area contributed by atoms with E-state index in [-0.39, 0.29) is 25.7 Å². The lowest BCUT2D eigenvalue weighted by Crippen LogP contribution is -2.30. The van der Waals surface area contributed by atoms with Crippen molar-refractivity contribution in [2.45, 2.75) is 316 Å². The van der Waals surface area contributed by atoms with Crippen LogP contribution in [0.4, 0.5) is 0 Å². The molecule has 108 heavy (non-hydrogen) atoms. The van der Waals surface area contributed by atoms with Gasteiger partial charge in [0.05, 0.1) is 26.4 Å². The van der Waals surface area contributed by atoms with Crippen molar-refractivity contribution in [2.75, 3.05) is 39.6 Å². The molecule has 0 saturated carbocycles. The third-order valence-corrected chi connectivity index (χ3v) is 18.3. The first-order valence-electron chi connectivity index (χ1n) is 41.0. The van der Waals surface area contributed by atoms with Crippen molar-refractivity contribution >= 4 is 39.5 Å². The first-order chi connectivity index (χ1) is 52.7. The highest BCUT2D eigenvalue weighted by Gasteiger charge is 2.30. The van der Waals surface area contributed by atoms with E-state index in [2.05, 4.69) is 186 Å². The van der Waals surface area contributed by atoms with Crippen molar-refractivity contribution in [1.29, 1.82) is 0 Å². The molecule has 0 aromatic heterocycles. The lowest BCUT2D eigenvalue weighted by molar-refractivity contribution is -0.161. The Hall–Kier alpha value is -5.84. The van der Waals surface area contributed by atoms with Crippen molar-refractivity contribution < 1.29 is 80.2 Å². The maximum absolute atomic E-state index is 13.1. The molecule has 0 aromatic carbocycles. The Kier molecular flexibility index (Phi) is 75.0. The molecule has 19 heteroatoms. The Bertz CT molecular complexity index is 2760. The summed E-state index contributed by atoms with van der Waals surface area (Å²) in [5, 5.41) is 10.7. The highest BCUT2D eigenvalue weighted by molar-refractivity contribution is 7.47. The molecular formula is C89H144O17P2. The minimum absolute atomic E-state index is 0.00291. The minimum atomic E-state index is -5.02. The zero-order chi connectivity index (χ0) is 78.9. The molecule has 17 nitrogen and oxygen atoms in total. The van der Waals surface area contributed by atoms with Gasteiger partial charge >= 0.3 is 39.5 Å². The number of rotatable bonds is 75. The number of hydrogen-bond acceptors (Lipinski definition) is 15. The summed E-state index contributed by atoms with van der Waals surface area (Å²) >= 11 is 0. The fourth-order valence-electron chi connectivity index (χ4n) is 10.3. The van der Waals surface area contributed by atoms with E-state index in [4.69, 9.17) is 37.0 Å². The first-order valence-corrected chi connectivity index (χ1v) is 44.0. The number of hydrogen-bond donors (Lipinski definition) is 3. The van der Waals surface area contributed by atoms with Crippen LogP contribution in [0.15, 0.2) is 182 Å². The fraction of sp³-hybridized carbons (Fsp3) is 0.618. The molecule has 0 aromatic rings. The smallest absolute Gasteiger partial charge is 0.462 e. The van der Waals surface area contributed by atoms with Crippen LogP contribution in [0, 0.1) is 0 Å². The normalized spacial score (nSPS) is 14.8. The summed E-state index contributed by atoms with van der Waals surface area (Å²) in [7, 11) is -10.0. The fourth-order valence-corrected chi connectivity index (χ4v) is 11.8. The van der Waals surface area contributed by atoms with Crippen LogP contribution < -0.4 is 0 Å². The van der Waals surface area contributed by atoms with Gasteiger partial charge in [-0.15, -0.1) is 0 Å². The van der Waals surface area contributed by atoms with E-state index in [1.165, 1.54) is 64.2 Å². The Labute approximate surface area is 654 Å². The molecule has 0 aliphatic heterocycles. The average Bonchev–Trinajstić information content (AvgIpc) is 0.901. The molecule has 0 amide bonds. The third kappa shape index (κ3) is 78.3. The van der Waals surface area contributed by atoms with Crippen molar-refractivity contribution in [2.24, 2.45) is 0 Å². The summed E-state index contributed by atoms with van der Waals surface area (Å²) in [5.74, 6) is -2.36. The van der Waals surface area contributed by atoms with Gasteiger partial charge in [0, 0.05) is 25.7 Å². The van der Waals surface area contributed by atoms with E-state index in [1.807, 2.05) is 24.3 Å². The van der Waals surface area contributed by atoms with Gasteiger partial charge in [-0.3, -0.25) is 37.3 Å². The molecule has 0 aliphatic rings. The Morgan fingerprint density at radius 2 is 0.491 bits per heavy atom. The van der Waals surface area contributed by atoms with Crippen LogP contribution in [0.2, 0.25) is 0 Å². The number of unbranched alkanes of at least 4 members (excludes halogenated alkanes) is 19. The second kappa shape index (κ2) is 79.3. The number of aliphatic hydroxyl groups is 1. The van der Waals surface area contributed by atoms with Crippen molar-refractivity contribution in [1.82, 2.24) is 0 Å². The van der Waals surface area contributed by atoms with Crippen LogP contribution in [0.5, 0.6) is 0 Å². The van der Waals surface area contributed by atoms with Crippen molar-refractivity contribution in [3.63, 3.8) is 0 Å². The van der Waals surface area contributed by atoms with E-state index in [0.717, 1.165) is 141 Å². The molecule has 612 valence electrons. The molecule has 0 aliphatic carbocycles. The summed E-state index contributed by atoms with van der Waals surface area (Å²) in [4.78, 5) is 73.1. The Morgan fingerprint density at radius 3 is 0.787 bits per heavy atom. The molecule has 5 unspecified atom stereocenters. The summed E-state index contributed by atoms with van der Waals surface area (Å²) in [6, 6.07) is 0. The maximum atomic E-state index is 13.1. The van der Waals surface area contributed by atoms with E-state index < -0.39 is 97.5 Å². The molecule has 0 bridgehead atoms. The van der Waals surface area contributed by atoms with Crippen LogP contribution in [0.25, 0.3) is 0 Å². The van der Waals surface area contributed by atoms with Crippen LogP contribution in [-0.4, -0.2) is 96.7 Å². The lowest BCUT2D eigenvalue weighted by atomic mass is 10.0. The Morgan fingerprint density at radius 1 is 0.269 bits per heavy atom. The number of esters is 4. The molecule has 0 heterocycles. The number of carbonyl (C=O) groups excluding carboxylic acids is 4. The van der Waals surface area contributed by atoms with E-state index >= 15 is 0 Å². The summed E-state index contributed by atoms with van der Waals surface area (Å²) in [6.07, 6.45) is 96.0. The van der Waals surface area contributed by atoms with Crippen LogP contribution in [-0.2, 0) is 65.4 Å². The van der Waals surface area contributed by atoms with Gasteiger partial charge in [-0.05, 0) is 148 Å². The van der Waals surface area contributed by atoms with Crippen LogP contribution in [0.3, 0.4) is 0 Å². The van der Waals surface area contributed by atoms with E-state index in [9.17, 15) is 43.2 Å². The number of phosphoric acid groups is 2. The number of ether oxygens (including phenoxy) is 4. The third-order valence-electron chi connectivity index (χ3n) is 16.4. The SMILES string of the molecule is CC/C=C\C/C=C\C/C=C\C/C=C\C/C=C\CCCCCC(=O)OCC(COP(=O)(O)OCC(O)COP(=O)(O)OCC(COC(=O)CCC/C=C\C/C=C\C/C=C\C/C=C\C/C=C\CC)OC(=O)CCC/C=C\C/C=C\C/C=C\C/C=C\C/C=C\CC)OC(=O)CCCCCCCCCCCCCCCCC. The van der Waals surface area contributed by atoms with Crippen molar-refractivity contribution in [3.8, 4) is 0 Å². The summed E-state index contributed by atoms with van der Waals surface area (Å²) in [6.45, 7) is 4.37.